The molecule has 2 rings (SSSR count). The molecule has 0 heterocycles. The van der Waals surface area contributed by atoms with Gasteiger partial charge in [0.05, 0.1) is 18.1 Å². The van der Waals surface area contributed by atoms with E-state index in [-0.39, 0.29) is 24.0 Å². The molecule has 152 valence electrons. The standard InChI is InChI=1S/C20H26N2O5S/c1-15-8-9-18(28(24,25)22-10-11-26-2)12-19(15)20(23)21-13-16-6-4-5-7-17(16)14-27-3/h4-9,12,22H,10-11,13-14H2,1-3H3,(H,21,23). The Morgan fingerprint density at radius 3 is 2.43 bits per heavy atom. The van der Waals surface area contributed by atoms with Gasteiger partial charge in [0.25, 0.3) is 5.91 Å². The van der Waals surface area contributed by atoms with Crippen LogP contribution in [0.4, 0.5) is 0 Å². The van der Waals surface area contributed by atoms with Crippen LogP contribution >= 0.6 is 0 Å². The SMILES string of the molecule is COCCNS(=O)(=O)c1ccc(C)c(C(=O)NCc2ccccc2COC)c1. The Kier molecular flexibility index (Phi) is 8.13. The van der Waals surface area contributed by atoms with E-state index in [0.29, 0.717) is 24.3 Å². The molecule has 0 unspecified atom stereocenters. The maximum absolute atomic E-state index is 12.7. The van der Waals surface area contributed by atoms with Crippen molar-refractivity contribution < 1.29 is 22.7 Å². The second-order valence-electron chi connectivity index (χ2n) is 6.25. The highest BCUT2D eigenvalue weighted by molar-refractivity contribution is 7.89. The van der Waals surface area contributed by atoms with Crippen LogP contribution in [0.15, 0.2) is 47.4 Å². The number of aryl methyl sites for hydroxylation is 1. The summed E-state index contributed by atoms with van der Waals surface area (Å²) in [6.45, 7) is 2.96. The molecule has 8 heteroatoms. The minimum Gasteiger partial charge on any atom is -0.383 e. The van der Waals surface area contributed by atoms with Crippen LogP contribution in [0.25, 0.3) is 0 Å². The number of ether oxygens (including phenoxy) is 2. The molecule has 2 aromatic carbocycles. The number of rotatable bonds is 10. The van der Waals surface area contributed by atoms with Crippen LogP contribution in [0.5, 0.6) is 0 Å². The van der Waals surface area contributed by atoms with Gasteiger partial charge in [-0.2, -0.15) is 0 Å². The molecule has 0 atom stereocenters. The number of carbonyl (C=O) groups excluding carboxylic acids is 1. The van der Waals surface area contributed by atoms with Crippen LogP contribution in [0.3, 0.4) is 0 Å². The molecule has 0 saturated heterocycles. The fourth-order valence-corrected chi connectivity index (χ4v) is 3.71. The molecule has 0 aliphatic rings. The van der Waals surface area contributed by atoms with Crippen molar-refractivity contribution in [2.45, 2.75) is 25.0 Å². The lowest BCUT2D eigenvalue weighted by Gasteiger charge is -2.13. The lowest BCUT2D eigenvalue weighted by Crippen LogP contribution is -2.28. The molecule has 2 aromatic rings. The minimum atomic E-state index is -3.71. The Hall–Kier alpha value is -2.26. The van der Waals surface area contributed by atoms with Crippen molar-refractivity contribution in [2.24, 2.45) is 0 Å². The van der Waals surface area contributed by atoms with E-state index in [1.807, 2.05) is 24.3 Å². The summed E-state index contributed by atoms with van der Waals surface area (Å²) in [7, 11) is -0.603. The summed E-state index contributed by atoms with van der Waals surface area (Å²) in [5, 5.41) is 2.86. The summed E-state index contributed by atoms with van der Waals surface area (Å²) in [6.07, 6.45) is 0. The number of nitrogens with one attached hydrogen (secondary N) is 2. The van der Waals surface area contributed by atoms with E-state index >= 15 is 0 Å². The molecule has 0 bridgehead atoms. The zero-order valence-electron chi connectivity index (χ0n) is 16.3. The van der Waals surface area contributed by atoms with Crippen molar-refractivity contribution in [3.05, 3.63) is 64.7 Å². The lowest BCUT2D eigenvalue weighted by molar-refractivity contribution is 0.0949. The second-order valence-corrected chi connectivity index (χ2v) is 8.02. The van der Waals surface area contributed by atoms with Crippen molar-refractivity contribution in [2.75, 3.05) is 27.4 Å². The number of amides is 1. The van der Waals surface area contributed by atoms with Gasteiger partial charge in [-0.1, -0.05) is 30.3 Å². The van der Waals surface area contributed by atoms with Crippen LogP contribution in [0, 0.1) is 6.92 Å². The number of methoxy groups -OCH3 is 2. The van der Waals surface area contributed by atoms with Gasteiger partial charge in [-0.25, -0.2) is 13.1 Å². The average Bonchev–Trinajstić information content (AvgIpc) is 2.67. The first-order valence-corrected chi connectivity index (χ1v) is 10.3. The Labute approximate surface area is 166 Å². The summed E-state index contributed by atoms with van der Waals surface area (Å²) in [5.41, 5.74) is 2.94. The van der Waals surface area contributed by atoms with Crippen molar-refractivity contribution >= 4 is 15.9 Å². The molecule has 0 aromatic heterocycles. The number of sulfonamides is 1. The molecule has 0 fully saturated rings. The third-order valence-corrected chi connectivity index (χ3v) is 5.68. The van der Waals surface area contributed by atoms with E-state index in [1.54, 1.807) is 20.1 Å². The molecule has 1 amide bonds. The quantitative estimate of drug-likeness (QED) is 0.589. The van der Waals surface area contributed by atoms with Crippen molar-refractivity contribution in [3.8, 4) is 0 Å². The first kappa shape index (κ1) is 22.0. The zero-order valence-corrected chi connectivity index (χ0v) is 17.1. The van der Waals surface area contributed by atoms with Crippen LogP contribution in [-0.4, -0.2) is 41.7 Å². The predicted molar refractivity (Wildman–Crippen MR) is 107 cm³/mol. The highest BCUT2D eigenvalue weighted by atomic mass is 32.2. The highest BCUT2D eigenvalue weighted by Crippen LogP contribution is 2.16. The van der Waals surface area contributed by atoms with Gasteiger partial charge in [-0.3, -0.25) is 4.79 Å². The molecule has 0 saturated carbocycles. The first-order valence-electron chi connectivity index (χ1n) is 8.82. The molecule has 2 N–H and O–H groups in total. The third-order valence-electron chi connectivity index (χ3n) is 4.22. The molecular formula is C20H26N2O5S. The smallest absolute Gasteiger partial charge is 0.251 e. The van der Waals surface area contributed by atoms with Crippen molar-refractivity contribution in [3.63, 3.8) is 0 Å². The van der Waals surface area contributed by atoms with Gasteiger partial charge in [0.15, 0.2) is 0 Å². The van der Waals surface area contributed by atoms with Gasteiger partial charge in [0.2, 0.25) is 10.0 Å². The molecule has 28 heavy (non-hydrogen) atoms. The highest BCUT2D eigenvalue weighted by Gasteiger charge is 2.18. The number of benzene rings is 2. The normalized spacial score (nSPS) is 11.4. The van der Waals surface area contributed by atoms with Gasteiger partial charge >= 0.3 is 0 Å². The summed E-state index contributed by atoms with van der Waals surface area (Å²) in [5.74, 6) is -0.335. The summed E-state index contributed by atoms with van der Waals surface area (Å²) >= 11 is 0. The molecule has 7 nitrogen and oxygen atoms in total. The number of hydrogen-bond acceptors (Lipinski definition) is 5. The van der Waals surface area contributed by atoms with E-state index in [0.717, 1.165) is 11.1 Å². The van der Waals surface area contributed by atoms with Gasteiger partial charge in [0, 0.05) is 32.9 Å². The fourth-order valence-electron chi connectivity index (χ4n) is 2.67. The Balaban J connectivity index is 2.15. The van der Waals surface area contributed by atoms with E-state index < -0.39 is 10.0 Å². The first-order chi connectivity index (χ1) is 13.4. The zero-order chi connectivity index (χ0) is 20.6. The van der Waals surface area contributed by atoms with E-state index in [2.05, 4.69) is 10.0 Å². The van der Waals surface area contributed by atoms with E-state index in [9.17, 15) is 13.2 Å². The van der Waals surface area contributed by atoms with Crippen LogP contribution in [0.1, 0.15) is 27.0 Å². The fraction of sp³-hybridized carbons (Fsp3) is 0.350. The molecule has 0 aliphatic heterocycles. The molecule has 0 aliphatic carbocycles. The van der Waals surface area contributed by atoms with Crippen LogP contribution in [0.2, 0.25) is 0 Å². The Morgan fingerprint density at radius 1 is 1.04 bits per heavy atom. The van der Waals surface area contributed by atoms with Gasteiger partial charge in [0.1, 0.15) is 0 Å². The summed E-state index contributed by atoms with van der Waals surface area (Å²) in [6, 6.07) is 12.2. The third kappa shape index (κ3) is 5.87. The monoisotopic (exact) mass is 406 g/mol. The van der Waals surface area contributed by atoms with Crippen molar-refractivity contribution in [1.29, 1.82) is 0 Å². The van der Waals surface area contributed by atoms with Crippen molar-refractivity contribution in [1.82, 2.24) is 10.0 Å². The topological polar surface area (TPSA) is 93.7 Å². The van der Waals surface area contributed by atoms with Gasteiger partial charge in [-0.15, -0.1) is 0 Å². The maximum atomic E-state index is 12.7. The predicted octanol–water partition coefficient (Wildman–Crippen LogP) is 2.00. The Bertz CT molecular complexity index is 913. The summed E-state index contributed by atoms with van der Waals surface area (Å²) < 4.78 is 37.2. The van der Waals surface area contributed by atoms with E-state index in [4.69, 9.17) is 9.47 Å². The van der Waals surface area contributed by atoms with Crippen LogP contribution in [-0.2, 0) is 32.6 Å². The van der Waals surface area contributed by atoms with Gasteiger partial charge < -0.3 is 14.8 Å². The van der Waals surface area contributed by atoms with Crippen LogP contribution < -0.4 is 10.0 Å². The number of hydrogen-bond donors (Lipinski definition) is 2. The maximum Gasteiger partial charge on any atom is 0.251 e. The Morgan fingerprint density at radius 2 is 1.75 bits per heavy atom. The second kappa shape index (κ2) is 10.3. The lowest BCUT2D eigenvalue weighted by atomic mass is 10.1. The minimum absolute atomic E-state index is 0.0409. The largest absolute Gasteiger partial charge is 0.383 e. The summed E-state index contributed by atoms with van der Waals surface area (Å²) in [4.78, 5) is 12.7. The average molecular weight is 407 g/mol. The van der Waals surface area contributed by atoms with E-state index in [1.165, 1.54) is 19.2 Å². The van der Waals surface area contributed by atoms with Gasteiger partial charge in [-0.05, 0) is 35.7 Å². The molecule has 0 radical (unpaired) electrons. The number of carbonyl (C=O) groups is 1. The molecule has 0 spiro atoms. The molecular weight excluding hydrogens is 380 g/mol.